The van der Waals surface area contributed by atoms with Gasteiger partial charge in [-0.15, -0.1) is 0 Å². The van der Waals surface area contributed by atoms with E-state index in [1.165, 1.54) is 13.1 Å². The Balaban J connectivity index is 1.91. The van der Waals surface area contributed by atoms with Gasteiger partial charge in [0.15, 0.2) is 5.78 Å². The van der Waals surface area contributed by atoms with Crippen LogP contribution in [0.1, 0.15) is 29.2 Å². The largest absolute Gasteiger partial charge is 0.382 e. The van der Waals surface area contributed by atoms with Crippen LogP contribution in [0.2, 0.25) is 5.15 Å². The highest BCUT2D eigenvalue weighted by Crippen LogP contribution is 2.33. The topological polar surface area (TPSA) is 94.5 Å². The summed E-state index contributed by atoms with van der Waals surface area (Å²) in [6.07, 6.45) is 1.27. The Morgan fingerprint density at radius 2 is 2.15 bits per heavy atom. The molecule has 8 heteroatoms. The van der Waals surface area contributed by atoms with Crippen molar-refractivity contribution in [2.75, 3.05) is 25.4 Å². The first-order valence-corrected chi connectivity index (χ1v) is 8.70. The predicted molar refractivity (Wildman–Crippen MR) is 99.4 cm³/mol. The molecule has 3 aromatic rings. The molecule has 1 saturated heterocycles. The number of imidazole rings is 1. The molecule has 3 N–H and O–H groups in total. The summed E-state index contributed by atoms with van der Waals surface area (Å²) in [7, 11) is 0. The molecule has 26 heavy (non-hydrogen) atoms. The van der Waals surface area contributed by atoms with Crippen molar-refractivity contribution in [2.45, 2.75) is 13.0 Å². The van der Waals surface area contributed by atoms with Crippen molar-refractivity contribution < 1.29 is 9.53 Å². The number of aromatic nitrogens is 3. The fraction of sp³-hybridized carbons (Fsp3) is 0.278. The Morgan fingerprint density at radius 1 is 1.38 bits per heavy atom. The lowest BCUT2D eigenvalue weighted by atomic mass is 10.1. The van der Waals surface area contributed by atoms with Gasteiger partial charge in [0.25, 0.3) is 0 Å². The molecule has 0 aliphatic carbocycles. The average molecular weight is 372 g/mol. The molecular formula is C18H18ClN5O2. The predicted octanol–water partition coefficient (Wildman–Crippen LogP) is 2.50. The number of nitrogens with one attached hydrogen (secondary N) is 1. The maximum atomic E-state index is 11.5. The number of nitrogen functional groups attached to an aromatic ring is 1. The number of fused-ring (bicyclic) bond motifs is 1. The highest BCUT2D eigenvalue weighted by atomic mass is 35.5. The number of hydrogen-bond donors (Lipinski definition) is 2. The van der Waals surface area contributed by atoms with E-state index in [4.69, 9.17) is 27.1 Å². The van der Waals surface area contributed by atoms with Gasteiger partial charge in [0.05, 0.1) is 12.8 Å². The van der Waals surface area contributed by atoms with Crippen molar-refractivity contribution in [1.29, 1.82) is 0 Å². The zero-order valence-electron chi connectivity index (χ0n) is 14.2. The van der Waals surface area contributed by atoms with Crippen LogP contribution in [0.15, 0.2) is 30.5 Å². The highest BCUT2D eigenvalue weighted by molar-refractivity contribution is 6.29. The van der Waals surface area contributed by atoms with E-state index in [2.05, 4.69) is 10.3 Å². The van der Waals surface area contributed by atoms with Gasteiger partial charge in [-0.05, 0) is 6.92 Å². The molecule has 0 unspecified atom stereocenters. The molecule has 0 bridgehead atoms. The summed E-state index contributed by atoms with van der Waals surface area (Å²) in [5.74, 6) is 1.03. The van der Waals surface area contributed by atoms with Crippen molar-refractivity contribution in [1.82, 2.24) is 19.7 Å². The molecule has 1 aliphatic rings. The van der Waals surface area contributed by atoms with Gasteiger partial charge in [0, 0.05) is 24.2 Å². The smallest absolute Gasteiger partial charge is 0.159 e. The van der Waals surface area contributed by atoms with E-state index >= 15 is 0 Å². The number of morpholine rings is 1. The number of carbonyl (C=O) groups is 1. The van der Waals surface area contributed by atoms with Gasteiger partial charge >= 0.3 is 0 Å². The summed E-state index contributed by atoms with van der Waals surface area (Å²) in [5.41, 5.74) is 8.92. The number of Topliss-reactive ketones (excluding diaryl/α,β-unsaturated/α-hetero) is 1. The minimum Gasteiger partial charge on any atom is -0.382 e. The van der Waals surface area contributed by atoms with E-state index in [1.54, 1.807) is 16.5 Å². The molecule has 0 saturated carbocycles. The van der Waals surface area contributed by atoms with E-state index < -0.39 is 0 Å². The highest BCUT2D eigenvalue weighted by Gasteiger charge is 2.26. The summed E-state index contributed by atoms with van der Waals surface area (Å²) >= 11 is 6.41. The van der Waals surface area contributed by atoms with Crippen LogP contribution in [0.3, 0.4) is 0 Å². The van der Waals surface area contributed by atoms with Crippen LogP contribution in [0.5, 0.6) is 0 Å². The Hall–Kier alpha value is -2.48. The lowest BCUT2D eigenvalue weighted by Gasteiger charge is -2.22. The lowest BCUT2D eigenvalue weighted by molar-refractivity contribution is 0.0219. The van der Waals surface area contributed by atoms with Crippen LogP contribution in [0, 0.1) is 0 Å². The average Bonchev–Trinajstić information content (AvgIpc) is 3.07. The summed E-state index contributed by atoms with van der Waals surface area (Å²) < 4.78 is 7.64. The van der Waals surface area contributed by atoms with Gasteiger partial charge < -0.3 is 15.8 Å². The molecule has 7 nitrogen and oxygen atoms in total. The number of nitrogens with two attached hydrogens (primary N) is 1. The first-order chi connectivity index (χ1) is 12.6. The minimum absolute atomic E-state index is 0.0119. The van der Waals surface area contributed by atoms with Crippen molar-refractivity contribution in [2.24, 2.45) is 0 Å². The normalized spacial score (nSPS) is 17.5. The Labute approximate surface area is 155 Å². The number of hydrogen-bond acceptors (Lipinski definition) is 6. The van der Waals surface area contributed by atoms with Crippen LogP contribution in [0.25, 0.3) is 16.8 Å². The van der Waals surface area contributed by atoms with E-state index in [0.717, 1.165) is 12.1 Å². The van der Waals surface area contributed by atoms with E-state index in [1.807, 2.05) is 12.1 Å². The first kappa shape index (κ1) is 17.0. The van der Waals surface area contributed by atoms with Gasteiger partial charge in [-0.3, -0.25) is 9.20 Å². The van der Waals surface area contributed by atoms with Crippen LogP contribution in [-0.2, 0) is 4.74 Å². The molecule has 1 atom stereocenters. The third kappa shape index (κ3) is 2.84. The SMILES string of the molecule is CC(=O)c1ccc(-c2nc([C@H]3CNCCO3)n3c(Cl)cnc(N)c23)cc1. The first-order valence-electron chi connectivity index (χ1n) is 8.32. The summed E-state index contributed by atoms with van der Waals surface area (Å²) in [5, 5.41) is 3.71. The number of nitrogens with zero attached hydrogens (tertiary/aromatic N) is 3. The standard InChI is InChI=1S/C18H18ClN5O2/c1-10(25)11-2-4-12(5-3-11)15-16-17(20)22-9-14(19)24(16)18(23-15)13-8-21-6-7-26-13/h2-5,9,13,21H,6-8H2,1H3,(H2,20,22)/t13-/m1/s1. The number of benzene rings is 1. The fourth-order valence-electron chi connectivity index (χ4n) is 3.14. The van der Waals surface area contributed by atoms with Crippen LogP contribution >= 0.6 is 11.6 Å². The Bertz CT molecular complexity index is 977. The number of ether oxygens (including phenoxy) is 1. The number of halogens is 1. The summed E-state index contributed by atoms with van der Waals surface area (Å²) in [6, 6.07) is 7.25. The molecule has 0 radical (unpaired) electrons. The third-order valence-corrected chi connectivity index (χ3v) is 4.72. The van der Waals surface area contributed by atoms with E-state index in [9.17, 15) is 4.79 Å². The van der Waals surface area contributed by atoms with Gasteiger partial charge in [-0.1, -0.05) is 35.9 Å². The summed E-state index contributed by atoms with van der Waals surface area (Å²) in [6.45, 7) is 3.58. The number of ketones is 1. The third-order valence-electron chi connectivity index (χ3n) is 4.45. The zero-order chi connectivity index (χ0) is 18.3. The van der Waals surface area contributed by atoms with Gasteiger partial charge in [-0.25, -0.2) is 9.97 Å². The lowest BCUT2D eigenvalue weighted by Crippen LogP contribution is -2.34. The molecule has 1 fully saturated rings. The molecule has 2 aromatic heterocycles. The van der Waals surface area contributed by atoms with Crippen LogP contribution < -0.4 is 11.1 Å². The maximum Gasteiger partial charge on any atom is 0.159 e. The Morgan fingerprint density at radius 3 is 2.81 bits per heavy atom. The molecule has 1 aromatic carbocycles. The van der Waals surface area contributed by atoms with Gasteiger partial charge in [0.2, 0.25) is 0 Å². The van der Waals surface area contributed by atoms with E-state index in [-0.39, 0.29) is 11.9 Å². The number of rotatable bonds is 3. The van der Waals surface area contributed by atoms with Crippen LogP contribution in [-0.4, -0.2) is 39.8 Å². The Kier molecular flexibility index (Phi) is 4.36. The molecule has 134 valence electrons. The van der Waals surface area contributed by atoms with Crippen molar-refractivity contribution in [3.63, 3.8) is 0 Å². The number of anilines is 1. The van der Waals surface area contributed by atoms with Crippen molar-refractivity contribution in [3.8, 4) is 11.3 Å². The molecule has 4 rings (SSSR count). The quantitative estimate of drug-likeness (QED) is 0.687. The molecule has 0 spiro atoms. The minimum atomic E-state index is -0.235. The fourth-order valence-corrected chi connectivity index (χ4v) is 3.36. The zero-order valence-corrected chi connectivity index (χ0v) is 15.0. The van der Waals surface area contributed by atoms with Crippen LogP contribution in [0.4, 0.5) is 5.82 Å². The molecule has 1 aliphatic heterocycles. The van der Waals surface area contributed by atoms with Crippen molar-refractivity contribution >= 4 is 28.7 Å². The molecule has 0 amide bonds. The number of carbonyl (C=O) groups excluding carboxylic acids is 1. The van der Waals surface area contributed by atoms with Gasteiger partial charge in [-0.2, -0.15) is 0 Å². The summed E-state index contributed by atoms with van der Waals surface area (Å²) in [4.78, 5) is 20.5. The van der Waals surface area contributed by atoms with Gasteiger partial charge in [0.1, 0.15) is 34.1 Å². The second-order valence-electron chi connectivity index (χ2n) is 6.17. The van der Waals surface area contributed by atoms with E-state index in [0.29, 0.717) is 46.7 Å². The second-order valence-corrected chi connectivity index (χ2v) is 6.55. The molecular weight excluding hydrogens is 354 g/mol. The maximum absolute atomic E-state index is 11.5. The monoisotopic (exact) mass is 371 g/mol. The van der Waals surface area contributed by atoms with Crippen molar-refractivity contribution in [3.05, 3.63) is 47.0 Å². The molecule has 3 heterocycles. The second kappa shape index (κ2) is 6.68.